The maximum absolute atomic E-state index is 12.5. The fraction of sp³-hybridized carbons (Fsp3) is 0.538. The average Bonchev–Trinajstić information content (AvgIpc) is 2.38. The minimum absolute atomic E-state index is 0.0778. The number of nitrogens with zero attached hydrogens (tertiary/aromatic N) is 2. The van der Waals surface area contributed by atoms with E-state index in [9.17, 15) is 18.0 Å². The van der Waals surface area contributed by atoms with Gasteiger partial charge in [-0.2, -0.15) is 13.2 Å². The van der Waals surface area contributed by atoms with Gasteiger partial charge in [-0.1, -0.05) is 13.8 Å². The molecule has 0 aliphatic carbocycles. The molecular formula is C13H15F3N2O2. The number of aromatic nitrogens is 1. The molecule has 1 aromatic heterocycles. The summed E-state index contributed by atoms with van der Waals surface area (Å²) in [5.41, 5.74) is -0.831. The minimum atomic E-state index is -4.43. The van der Waals surface area contributed by atoms with Crippen LogP contribution < -0.4 is 4.90 Å². The molecule has 0 aromatic carbocycles. The molecule has 4 nitrogen and oxygen atoms in total. The summed E-state index contributed by atoms with van der Waals surface area (Å²) in [6, 6.07) is 2.14. The maximum Gasteiger partial charge on any atom is 0.417 e. The Balaban J connectivity index is 2.19. The summed E-state index contributed by atoms with van der Waals surface area (Å²) in [5, 5.41) is 0. The number of amides is 1. The van der Waals surface area contributed by atoms with Crippen LogP contribution in [0.2, 0.25) is 0 Å². The second-order valence-corrected chi connectivity index (χ2v) is 5.00. The predicted molar refractivity (Wildman–Crippen MR) is 66.2 cm³/mol. The Morgan fingerprint density at radius 3 is 2.60 bits per heavy atom. The van der Waals surface area contributed by atoms with E-state index in [0.717, 1.165) is 12.3 Å². The van der Waals surface area contributed by atoms with Crippen molar-refractivity contribution in [2.45, 2.75) is 26.1 Å². The van der Waals surface area contributed by atoms with Gasteiger partial charge in [0.15, 0.2) is 0 Å². The van der Waals surface area contributed by atoms with E-state index in [1.54, 1.807) is 0 Å². The second-order valence-electron chi connectivity index (χ2n) is 5.00. The molecule has 110 valence electrons. The number of hydrogen-bond donors (Lipinski definition) is 0. The number of pyridine rings is 1. The summed E-state index contributed by atoms with van der Waals surface area (Å²) < 4.78 is 42.8. The van der Waals surface area contributed by atoms with E-state index in [-0.39, 0.29) is 30.4 Å². The molecule has 7 heteroatoms. The van der Waals surface area contributed by atoms with Crippen molar-refractivity contribution in [3.63, 3.8) is 0 Å². The standard InChI is InChI=1S/C13H15F3N2O2/c1-8(2)10-6-18(12(19)7-20-10)11-4-3-9(5-17-11)13(14,15)16/h3-5,8,10H,6-7H2,1-2H3/t10-/m0/s1. The molecule has 20 heavy (non-hydrogen) atoms. The van der Waals surface area contributed by atoms with Crippen LogP contribution in [-0.2, 0) is 15.7 Å². The number of anilines is 1. The SMILES string of the molecule is CC(C)[C@@H]1CN(c2ccc(C(F)(F)F)cn2)C(=O)CO1. The van der Waals surface area contributed by atoms with Crippen molar-refractivity contribution >= 4 is 11.7 Å². The molecule has 1 amide bonds. The van der Waals surface area contributed by atoms with Gasteiger partial charge < -0.3 is 4.74 Å². The summed E-state index contributed by atoms with van der Waals surface area (Å²) in [5.74, 6) is 0.131. The van der Waals surface area contributed by atoms with Gasteiger partial charge in [0.05, 0.1) is 18.2 Å². The smallest absolute Gasteiger partial charge is 0.366 e. The topological polar surface area (TPSA) is 42.4 Å². The zero-order valence-corrected chi connectivity index (χ0v) is 11.1. The van der Waals surface area contributed by atoms with Gasteiger partial charge in [-0.25, -0.2) is 4.98 Å². The molecule has 1 aliphatic heterocycles. The van der Waals surface area contributed by atoms with Gasteiger partial charge in [0.2, 0.25) is 0 Å². The van der Waals surface area contributed by atoms with Crippen LogP contribution in [0.4, 0.5) is 19.0 Å². The zero-order chi connectivity index (χ0) is 14.9. The Morgan fingerprint density at radius 1 is 1.40 bits per heavy atom. The highest BCUT2D eigenvalue weighted by atomic mass is 19.4. The minimum Gasteiger partial charge on any atom is -0.366 e. The van der Waals surface area contributed by atoms with Crippen molar-refractivity contribution in [3.05, 3.63) is 23.9 Å². The van der Waals surface area contributed by atoms with Gasteiger partial charge in [0, 0.05) is 6.20 Å². The van der Waals surface area contributed by atoms with Gasteiger partial charge in [-0.3, -0.25) is 9.69 Å². The van der Waals surface area contributed by atoms with Crippen LogP contribution in [0.1, 0.15) is 19.4 Å². The number of morpholine rings is 1. The van der Waals surface area contributed by atoms with Crippen LogP contribution in [0.25, 0.3) is 0 Å². The van der Waals surface area contributed by atoms with E-state index in [2.05, 4.69) is 4.98 Å². The molecular weight excluding hydrogens is 273 g/mol. The van der Waals surface area contributed by atoms with E-state index in [0.29, 0.717) is 6.54 Å². The number of ether oxygens (including phenoxy) is 1. The van der Waals surface area contributed by atoms with Crippen molar-refractivity contribution in [3.8, 4) is 0 Å². The lowest BCUT2D eigenvalue weighted by Gasteiger charge is -2.34. The average molecular weight is 288 g/mol. The number of rotatable bonds is 2. The van der Waals surface area contributed by atoms with Crippen molar-refractivity contribution in [1.82, 2.24) is 4.98 Å². The van der Waals surface area contributed by atoms with E-state index in [4.69, 9.17) is 4.74 Å². The van der Waals surface area contributed by atoms with Crippen molar-refractivity contribution < 1.29 is 22.7 Å². The Labute approximate surface area is 114 Å². The van der Waals surface area contributed by atoms with E-state index in [1.165, 1.54) is 11.0 Å². The van der Waals surface area contributed by atoms with Crippen molar-refractivity contribution in [2.24, 2.45) is 5.92 Å². The fourth-order valence-electron chi connectivity index (χ4n) is 1.93. The summed E-state index contributed by atoms with van der Waals surface area (Å²) in [6.45, 7) is 4.14. The Bertz CT molecular complexity index is 485. The Hall–Kier alpha value is -1.63. The summed E-state index contributed by atoms with van der Waals surface area (Å²) in [4.78, 5) is 16.9. The molecule has 0 saturated carbocycles. The molecule has 0 spiro atoms. The van der Waals surface area contributed by atoms with Crippen molar-refractivity contribution in [2.75, 3.05) is 18.1 Å². The third-order valence-corrected chi connectivity index (χ3v) is 3.18. The highest BCUT2D eigenvalue weighted by Gasteiger charge is 2.33. The van der Waals surface area contributed by atoms with Crippen LogP contribution in [-0.4, -0.2) is 30.1 Å². The van der Waals surface area contributed by atoms with E-state index >= 15 is 0 Å². The number of alkyl halides is 3. The first kappa shape index (κ1) is 14.8. The number of carbonyl (C=O) groups is 1. The van der Waals surface area contributed by atoms with Gasteiger partial charge in [-0.15, -0.1) is 0 Å². The highest BCUT2D eigenvalue weighted by Crippen LogP contribution is 2.29. The largest absolute Gasteiger partial charge is 0.417 e. The first-order valence-corrected chi connectivity index (χ1v) is 6.24. The lowest BCUT2D eigenvalue weighted by Crippen LogP contribution is -2.48. The molecule has 1 fully saturated rings. The molecule has 1 atom stereocenters. The van der Waals surface area contributed by atoms with Crippen LogP contribution >= 0.6 is 0 Å². The third kappa shape index (κ3) is 3.09. The van der Waals surface area contributed by atoms with Crippen LogP contribution in [0.15, 0.2) is 18.3 Å². The predicted octanol–water partition coefficient (Wildman–Crippen LogP) is 2.49. The molecule has 0 unspecified atom stereocenters. The van der Waals surface area contributed by atoms with Crippen LogP contribution in [0.3, 0.4) is 0 Å². The normalized spacial score (nSPS) is 20.6. The molecule has 1 aromatic rings. The quantitative estimate of drug-likeness (QED) is 0.839. The van der Waals surface area contributed by atoms with Gasteiger partial charge in [0.1, 0.15) is 12.4 Å². The summed E-state index contributed by atoms with van der Waals surface area (Å²) >= 11 is 0. The first-order chi connectivity index (χ1) is 9.29. The van der Waals surface area contributed by atoms with Gasteiger partial charge in [0.25, 0.3) is 5.91 Å². The third-order valence-electron chi connectivity index (χ3n) is 3.18. The van der Waals surface area contributed by atoms with Gasteiger partial charge >= 0.3 is 6.18 Å². The second kappa shape index (κ2) is 5.40. The van der Waals surface area contributed by atoms with E-state index < -0.39 is 11.7 Å². The number of halogens is 3. The fourth-order valence-corrected chi connectivity index (χ4v) is 1.93. The highest BCUT2D eigenvalue weighted by molar-refractivity contribution is 5.94. The van der Waals surface area contributed by atoms with E-state index in [1.807, 2.05) is 13.8 Å². The molecule has 2 rings (SSSR count). The Morgan fingerprint density at radius 2 is 2.10 bits per heavy atom. The van der Waals surface area contributed by atoms with Crippen molar-refractivity contribution in [1.29, 1.82) is 0 Å². The zero-order valence-electron chi connectivity index (χ0n) is 11.1. The monoisotopic (exact) mass is 288 g/mol. The first-order valence-electron chi connectivity index (χ1n) is 6.24. The van der Waals surface area contributed by atoms with Gasteiger partial charge in [-0.05, 0) is 18.1 Å². The molecule has 0 radical (unpaired) electrons. The molecule has 1 aliphatic rings. The lowest BCUT2D eigenvalue weighted by molar-refractivity contribution is -0.137. The number of carbonyl (C=O) groups excluding carboxylic acids is 1. The molecule has 0 N–H and O–H groups in total. The van der Waals surface area contributed by atoms with Crippen LogP contribution in [0.5, 0.6) is 0 Å². The van der Waals surface area contributed by atoms with Crippen LogP contribution in [0, 0.1) is 5.92 Å². The lowest BCUT2D eigenvalue weighted by atomic mass is 10.1. The maximum atomic E-state index is 12.5. The summed E-state index contributed by atoms with van der Waals surface area (Å²) in [6.07, 6.45) is -3.83. The Kier molecular flexibility index (Phi) is 3.99. The molecule has 1 saturated heterocycles. The summed E-state index contributed by atoms with van der Waals surface area (Å²) in [7, 11) is 0. The molecule has 2 heterocycles. The number of hydrogen-bond acceptors (Lipinski definition) is 3. The molecule has 0 bridgehead atoms.